The monoisotopic (exact) mass is 348 g/mol. The Balaban J connectivity index is 1.99. The molecule has 8 heteroatoms. The predicted molar refractivity (Wildman–Crippen MR) is 79.4 cm³/mol. The summed E-state index contributed by atoms with van der Waals surface area (Å²) in [6.45, 7) is 3.51. The number of nitrogens with zero attached hydrogens (tertiary/aromatic N) is 2. The van der Waals surface area contributed by atoms with Gasteiger partial charge in [0.15, 0.2) is 0 Å². The summed E-state index contributed by atoms with van der Waals surface area (Å²) in [6, 6.07) is 4.18. The van der Waals surface area contributed by atoms with Crippen molar-refractivity contribution in [3.8, 4) is 0 Å². The summed E-state index contributed by atoms with van der Waals surface area (Å²) in [5.41, 5.74) is -1.10. The Morgan fingerprint density at radius 1 is 1.17 bits per heavy atom. The molecule has 2 saturated heterocycles. The van der Waals surface area contributed by atoms with Crippen LogP contribution in [0.15, 0.2) is 29.2 Å². The number of sulfonamides is 1. The largest absolute Gasteiger partial charge is 0.417 e. The number of piperazine rings is 1. The predicted octanol–water partition coefficient (Wildman–Crippen LogP) is 2.56. The van der Waals surface area contributed by atoms with E-state index < -0.39 is 26.7 Å². The fraction of sp³-hybridized carbons (Fsp3) is 0.600. The van der Waals surface area contributed by atoms with Crippen LogP contribution in [0.1, 0.15) is 25.3 Å². The maximum Gasteiger partial charge on any atom is 0.417 e. The molecule has 1 aromatic rings. The Morgan fingerprint density at radius 2 is 1.87 bits per heavy atom. The minimum absolute atomic E-state index is 0.110. The van der Waals surface area contributed by atoms with Crippen LogP contribution in [0.3, 0.4) is 0 Å². The van der Waals surface area contributed by atoms with Crippen LogP contribution in [0.25, 0.3) is 0 Å². The van der Waals surface area contributed by atoms with Gasteiger partial charge in [0, 0.05) is 25.2 Å². The Morgan fingerprint density at radius 3 is 2.57 bits per heavy atom. The number of hydrogen-bond acceptors (Lipinski definition) is 3. The van der Waals surface area contributed by atoms with E-state index in [1.165, 1.54) is 16.4 Å². The summed E-state index contributed by atoms with van der Waals surface area (Å²) in [6.07, 6.45) is -2.80. The van der Waals surface area contributed by atoms with Crippen LogP contribution in [0.5, 0.6) is 0 Å². The first-order valence-electron chi connectivity index (χ1n) is 7.63. The van der Waals surface area contributed by atoms with Crippen LogP contribution in [0.2, 0.25) is 0 Å². The summed E-state index contributed by atoms with van der Waals surface area (Å²) in [4.78, 5) is 1.58. The van der Waals surface area contributed by atoms with E-state index in [2.05, 4.69) is 4.90 Å². The Labute approximate surface area is 133 Å². The van der Waals surface area contributed by atoms with Crippen LogP contribution >= 0.6 is 0 Å². The van der Waals surface area contributed by atoms with E-state index >= 15 is 0 Å². The van der Waals surface area contributed by atoms with Gasteiger partial charge in [-0.25, -0.2) is 8.42 Å². The number of fused-ring (bicyclic) bond motifs is 1. The second-order valence-corrected chi connectivity index (χ2v) is 8.07. The highest BCUT2D eigenvalue weighted by Crippen LogP contribution is 2.37. The van der Waals surface area contributed by atoms with Crippen molar-refractivity contribution in [3.05, 3.63) is 29.8 Å². The molecule has 0 spiro atoms. The minimum Gasteiger partial charge on any atom is -0.297 e. The number of hydrogen-bond donors (Lipinski definition) is 0. The van der Waals surface area contributed by atoms with E-state index in [1.807, 2.05) is 0 Å². The topological polar surface area (TPSA) is 40.6 Å². The van der Waals surface area contributed by atoms with Gasteiger partial charge in [-0.3, -0.25) is 4.90 Å². The third kappa shape index (κ3) is 2.99. The lowest BCUT2D eigenvalue weighted by Gasteiger charge is -2.41. The quantitative estimate of drug-likeness (QED) is 0.825. The van der Waals surface area contributed by atoms with Crippen molar-refractivity contribution >= 4 is 10.0 Å². The molecule has 2 atom stereocenters. The zero-order chi connectivity index (χ0) is 16.8. The van der Waals surface area contributed by atoms with Crippen molar-refractivity contribution < 1.29 is 21.6 Å². The number of rotatable bonds is 2. The van der Waals surface area contributed by atoms with Gasteiger partial charge in [-0.15, -0.1) is 0 Å². The van der Waals surface area contributed by atoms with Crippen LogP contribution in [0.4, 0.5) is 13.2 Å². The maximum absolute atomic E-state index is 13.2. The lowest BCUT2D eigenvalue weighted by molar-refractivity contribution is -0.139. The fourth-order valence-corrected chi connectivity index (χ4v) is 5.42. The van der Waals surface area contributed by atoms with Crippen molar-refractivity contribution in [1.82, 2.24) is 9.21 Å². The molecule has 0 aliphatic carbocycles. The van der Waals surface area contributed by atoms with E-state index in [1.54, 1.807) is 6.92 Å². The molecule has 2 heterocycles. The second kappa shape index (κ2) is 5.75. The zero-order valence-corrected chi connectivity index (χ0v) is 13.6. The van der Waals surface area contributed by atoms with E-state index in [4.69, 9.17) is 0 Å². The van der Waals surface area contributed by atoms with Crippen LogP contribution in [-0.2, 0) is 16.2 Å². The molecule has 0 bridgehead atoms. The van der Waals surface area contributed by atoms with Gasteiger partial charge in [0.2, 0.25) is 10.0 Å². The summed E-state index contributed by atoms with van der Waals surface area (Å²) in [5.74, 6) is 0. The molecule has 23 heavy (non-hydrogen) atoms. The smallest absolute Gasteiger partial charge is 0.297 e. The lowest BCUT2D eigenvalue weighted by Crippen LogP contribution is -2.56. The molecular weight excluding hydrogens is 329 g/mol. The van der Waals surface area contributed by atoms with Gasteiger partial charge in [-0.2, -0.15) is 17.5 Å². The van der Waals surface area contributed by atoms with Gasteiger partial charge >= 0.3 is 6.18 Å². The first-order valence-corrected chi connectivity index (χ1v) is 9.07. The molecule has 2 fully saturated rings. The molecule has 0 unspecified atom stereocenters. The molecule has 4 nitrogen and oxygen atoms in total. The van der Waals surface area contributed by atoms with E-state index in [0.717, 1.165) is 31.5 Å². The molecule has 3 rings (SSSR count). The average Bonchev–Trinajstić information content (AvgIpc) is 2.92. The molecule has 128 valence electrons. The molecule has 2 aliphatic heterocycles. The summed E-state index contributed by atoms with van der Waals surface area (Å²) >= 11 is 0. The first kappa shape index (κ1) is 16.7. The summed E-state index contributed by atoms with van der Waals surface area (Å²) in [7, 11) is -4.18. The molecule has 0 amide bonds. The van der Waals surface area contributed by atoms with Crippen molar-refractivity contribution in [2.75, 3.05) is 19.6 Å². The minimum atomic E-state index is -4.69. The van der Waals surface area contributed by atoms with Crippen LogP contribution < -0.4 is 0 Å². The lowest BCUT2D eigenvalue weighted by atomic mass is 10.1. The Kier molecular flexibility index (Phi) is 4.18. The average molecular weight is 348 g/mol. The first-order chi connectivity index (χ1) is 10.7. The molecular formula is C15H19F3N2O2S. The van der Waals surface area contributed by atoms with Gasteiger partial charge < -0.3 is 0 Å². The Bertz CT molecular complexity index is 690. The third-order valence-electron chi connectivity index (χ3n) is 4.66. The number of halogens is 3. The SMILES string of the molecule is C[C@@H]1CN2CCC[C@@H]2CN1S(=O)(=O)c1ccccc1C(F)(F)F. The van der Waals surface area contributed by atoms with Gasteiger partial charge in [0.25, 0.3) is 0 Å². The van der Waals surface area contributed by atoms with E-state index in [-0.39, 0.29) is 18.6 Å². The maximum atomic E-state index is 13.2. The van der Waals surface area contributed by atoms with Crippen molar-refractivity contribution in [1.29, 1.82) is 0 Å². The highest BCUT2D eigenvalue weighted by Gasteiger charge is 2.43. The van der Waals surface area contributed by atoms with Crippen molar-refractivity contribution in [3.63, 3.8) is 0 Å². The van der Waals surface area contributed by atoms with Gasteiger partial charge in [-0.1, -0.05) is 12.1 Å². The number of alkyl halides is 3. The summed E-state index contributed by atoms with van der Waals surface area (Å²) < 4.78 is 66.5. The zero-order valence-electron chi connectivity index (χ0n) is 12.8. The molecule has 0 N–H and O–H groups in total. The number of benzene rings is 1. The summed E-state index contributed by atoms with van der Waals surface area (Å²) in [5, 5.41) is 0. The molecule has 2 aliphatic rings. The molecule has 1 aromatic carbocycles. The fourth-order valence-electron chi connectivity index (χ4n) is 3.55. The molecule has 0 radical (unpaired) electrons. The van der Waals surface area contributed by atoms with E-state index in [9.17, 15) is 21.6 Å². The Hall–Kier alpha value is -1.12. The van der Waals surface area contributed by atoms with Crippen LogP contribution in [-0.4, -0.2) is 49.3 Å². The van der Waals surface area contributed by atoms with Crippen molar-refractivity contribution in [2.45, 2.75) is 42.9 Å². The van der Waals surface area contributed by atoms with E-state index in [0.29, 0.717) is 6.54 Å². The highest BCUT2D eigenvalue weighted by atomic mass is 32.2. The van der Waals surface area contributed by atoms with Crippen LogP contribution in [0, 0.1) is 0 Å². The molecule has 0 aromatic heterocycles. The highest BCUT2D eigenvalue weighted by molar-refractivity contribution is 7.89. The van der Waals surface area contributed by atoms with Crippen molar-refractivity contribution in [2.24, 2.45) is 0 Å². The van der Waals surface area contributed by atoms with Gasteiger partial charge in [0.1, 0.15) is 0 Å². The standard InChI is InChI=1S/C15H19F3N2O2S/c1-11-9-19-8-4-5-12(19)10-20(11)23(21,22)14-7-3-2-6-13(14)15(16,17)18/h2-3,6-7,11-12H,4-5,8-10H2,1H3/t11-,12-/m1/s1. The molecule has 0 saturated carbocycles. The second-order valence-electron chi connectivity index (χ2n) is 6.21. The normalized spacial score (nSPS) is 27.1. The van der Waals surface area contributed by atoms with Gasteiger partial charge in [0.05, 0.1) is 10.5 Å². The van der Waals surface area contributed by atoms with Gasteiger partial charge in [-0.05, 0) is 38.4 Å². The third-order valence-corrected chi connectivity index (χ3v) is 6.70.